The fraction of sp³-hybridized carbons (Fsp3) is 0.154. The Labute approximate surface area is 210 Å². The lowest BCUT2D eigenvalue weighted by Crippen LogP contribution is -2.14. The van der Waals surface area contributed by atoms with Crippen LogP contribution in [-0.2, 0) is 11.3 Å². The van der Waals surface area contributed by atoms with Gasteiger partial charge in [0.15, 0.2) is 11.0 Å². The van der Waals surface area contributed by atoms with E-state index in [2.05, 4.69) is 41.1 Å². The van der Waals surface area contributed by atoms with Crippen LogP contribution < -0.4 is 5.32 Å². The van der Waals surface area contributed by atoms with Crippen LogP contribution in [0.3, 0.4) is 0 Å². The summed E-state index contributed by atoms with van der Waals surface area (Å²) >= 11 is 3.00. The molecule has 0 aliphatic carbocycles. The maximum Gasteiger partial charge on any atom is 0.234 e. The van der Waals surface area contributed by atoms with Crippen molar-refractivity contribution < 1.29 is 9.21 Å². The molecule has 0 atom stereocenters. The summed E-state index contributed by atoms with van der Waals surface area (Å²) in [4.78, 5) is 17.3. The normalized spacial score (nSPS) is 11.1. The van der Waals surface area contributed by atoms with Crippen LogP contribution in [0.2, 0.25) is 0 Å². The third-order valence-electron chi connectivity index (χ3n) is 5.42. The lowest BCUT2D eigenvalue weighted by molar-refractivity contribution is -0.113. The molecule has 1 N–H and O–H groups in total. The van der Waals surface area contributed by atoms with Crippen molar-refractivity contribution in [3.05, 3.63) is 78.8 Å². The number of anilines is 1. The number of fused-ring (bicyclic) bond motifs is 1. The van der Waals surface area contributed by atoms with Gasteiger partial charge >= 0.3 is 0 Å². The number of nitrogens with zero attached hydrogens (tertiary/aromatic N) is 4. The molecule has 0 saturated carbocycles. The summed E-state index contributed by atoms with van der Waals surface area (Å²) in [5.41, 5.74) is 4.85. The van der Waals surface area contributed by atoms with Crippen LogP contribution in [0.1, 0.15) is 11.3 Å². The van der Waals surface area contributed by atoms with E-state index in [-0.39, 0.29) is 11.7 Å². The Morgan fingerprint density at radius 2 is 2.00 bits per heavy atom. The maximum atomic E-state index is 12.6. The van der Waals surface area contributed by atoms with Crippen molar-refractivity contribution in [3.8, 4) is 22.0 Å². The minimum Gasteiger partial charge on any atom is -0.469 e. The molecule has 2 aromatic carbocycles. The summed E-state index contributed by atoms with van der Waals surface area (Å²) in [6.45, 7) is 8.32. The molecule has 3 heterocycles. The Hall–Kier alpha value is -3.69. The Morgan fingerprint density at radius 3 is 2.74 bits per heavy atom. The van der Waals surface area contributed by atoms with Gasteiger partial charge in [0.1, 0.15) is 10.8 Å². The molecule has 0 aliphatic heterocycles. The zero-order chi connectivity index (χ0) is 24.4. The van der Waals surface area contributed by atoms with E-state index in [0.29, 0.717) is 17.5 Å². The molecule has 0 radical (unpaired) electrons. The third kappa shape index (κ3) is 4.91. The highest BCUT2D eigenvalue weighted by Crippen LogP contribution is 2.31. The molecule has 0 aliphatic rings. The molecule has 1 amide bonds. The Morgan fingerprint density at radius 1 is 1.17 bits per heavy atom. The first-order valence-corrected chi connectivity index (χ1v) is 12.8. The molecule has 5 aromatic rings. The molecule has 0 saturated heterocycles. The molecule has 0 bridgehead atoms. The van der Waals surface area contributed by atoms with Crippen LogP contribution in [0.25, 0.3) is 32.2 Å². The summed E-state index contributed by atoms with van der Waals surface area (Å²) in [5, 5.41) is 13.1. The van der Waals surface area contributed by atoms with Gasteiger partial charge in [0.2, 0.25) is 5.91 Å². The average molecular weight is 502 g/mol. The van der Waals surface area contributed by atoms with E-state index < -0.39 is 0 Å². The molecular weight excluding hydrogens is 478 g/mol. The van der Waals surface area contributed by atoms with Gasteiger partial charge in [-0.3, -0.25) is 9.36 Å². The van der Waals surface area contributed by atoms with Gasteiger partial charge in [-0.15, -0.1) is 28.1 Å². The van der Waals surface area contributed by atoms with Gasteiger partial charge in [-0.1, -0.05) is 23.9 Å². The number of carbonyl (C=O) groups excluding carboxylic acids is 1. The number of hydrogen-bond donors (Lipinski definition) is 1. The van der Waals surface area contributed by atoms with Crippen molar-refractivity contribution in [1.82, 2.24) is 19.7 Å². The lowest BCUT2D eigenvalue weighted by Gasteiger charge is -2.08. The second-order valence-corrected chi connectivity index (χ2v) is 9.97. The number of aryl methyl sites for hydroxylation is 2. The largest absolute Gasteiger partial charge is 0.469 e. The second kappa shape index (κ2) is 9.89. The van der Waals surface area contributed by atoms with Crippen molar-refractivity contribution in [2.45, 2.75) is 25.5 Å². The first-order valence-electron chi connectivity index (χ1n) is 11.0. The van der Waals surface area contributed by atoms with Crippen LogP contribution in [0, 0.1) is 13.8 Å². The van der Waals surface area contributed by atoms with Gasteiger partial charge in [0, 0.05) is 17.8 Å². The van der Waals surface area contributed by atoms with E-state index in [9.17, 15) is 4.79 Å². The first kappa shape index (κ1) is 23.1. The van der Waals surface area contributed by atoms with Crippen molar-refractivity contribution >= 4 is 44.9 Å². The molecule has 5 rings (SSSR count). The van der Waals surface area contributed by atoms with E-state index in [1.165, 1.54) is 22.0 Å². The van der Waals surface area contributed by atoms with Gasteiger partial charge in [-0.25, -0.2) is 4.98 Å². The highest BCUT2D eigenvalue weighted by Gasteiger charge is 2.17. The highest BCUT2D eigenvalue weighted by atomic mass is 32.2. The number of aromatic nitrogens is 4. The standard InChI is InChI=1S/C26H23N5O2S2/c1-4-12-31-24(20-11-13-33-17(20)3)29-30-26(31)34-15-23(32)27-19-8-6-18(7-9-19)25-28-21-10-5-16(2)14-22(21)35-25/h4-11,13-14H,1,12,15H2,2-3H3,(H,27,32). The van der Waals surface area contributed by atoms with E-state index >= 15 is 0 Å². The molecule has 35 heavy (non-hydrogen) atoms. The third-order valence-corrected chi connectivity index (χ3v) is 7.45. The quantitative estimate of drug-likeness (QED) is 0.197. The number of nitrogens with one attached hydrogen (secondary N) is 1. The van der Waals surface area contributed by atoms with Gasteiger partial charge in [0.25, 0.3) is 0 Å². The zero-order valence-electron chi connectivity index (χ0n) is 19.3. The summed E-state index contributed by atoms with van der Waals surface area (Å²) in [7, 11) is 0. The summed E-state index contributed by atoms with van der Waals surface area (Å²) in [6, 6.07) is 15.9. The number of hydrogen-bond acceptors (Lipinski definition) is 7. The lowest BCUT2D eigenvalue weighted by atomic mass is 10.2. The topological polar surface area (TPSA) is 85.8 Å². The van der Waals surface area contributed by atoms with E-state index in [1.807, 2.05) is 47.9 Å². The van der Waals surface area contributed by atoms with Crippen LogP contribution in [0.5, 0.6) is 0 Å². The van der Waals surface area contributed by atoms with Crippen LogP contribution in [0.15, 0.2) is 77.0 Å². The first-order chi connectivity index (χ1) is 17.0. The molecule has 0 spiro atoms. The molecule has 7 nitrogen and oxygen atoms in total. The van der Waals surface area contributed by atoms with Gasteiger partial charge < -0.3 is 9.73 Å². The minimum atomic E-state index is -0.118. The predicted molar refractivity (Wildman–Crippen MR) is 142 cm³/mol. The van der Waals surface area contributed by atoms with Crippen molar-refractivity contribution in [2.24, 2.45) is 0 Å². The van der Waals surface area contributed by atoms with Gasteiger partial charge in [0.05, 0.1) is 27.8 Å². The van der Waals surface area contributed by atoms with Crippen molar-refractivity contribution in [1.29, 1.82) is 0 Å². The number of amides is 1. The average Bonchev–Trinajstić information content (AvgIpc) is 3.56. The van der Waals surface area contributed by atoms with Gasteiger partial charge in [-0.05, 0) is 61.9 Å². The number of carbonyl (C=O) groups is 1. The van der Waals surface area contributed by atoms with Crippen molar-refractivity contribution in [2.75, 3.05) is 11.1 Å². The van der Waals surface area contributed by atoms with Crippen LogP contribution >= 0.6 is 23.1 Å². The number of benzene rings is 2. The van der Waals surface area contributed by atoms with E-state index in [0.717, 1.165) is 33.1 Å². The molecule has 176 valence electrons. The monoisotopic (exact) mass is 501 g/mol. The summed E-state index contributed by atoms with van der Waals surface area (Å²) < 4.78 is 8.50. The number of allylic oxidation sites excluding steroid dienone is 1. The minimum absolute atomic E-state index is 0.118. The fourth-order valence-corrected chi connectivity index (χ4v) is 5.50. The Bertz CT molecular complexity index is 1510. The fourth-order valence-electron chi connectivity index (χ4n) is 3.68. The summed E-state index contributed by atoms with van der Waals surface area (Å²) in [6.07, 6.45) is 3.40. The van der Waals surface area contributed by atoms with Crippen LogP contribution in [-0.4, -0.2) is 31.4 Å². The molecule has 0 unspecified atom stereocenters. The van der Waals surface area contributed by atoms with E-state index in [1.54, 1.807) is 23.7 Å². The molecular formula is C26H23N5O2S2. The number of furan rings is 1. The number of thiazole rings is 1. The highest BCUT2D eigenvalue weighted by molar-refractivity contribution is 7.99. The SMILES string of the molecule is C=CCn1c(SCC(=O)Nc2ccc(-c3nc4ccc(C)cc4s3)cc2)nnc1-c1ccoc1C. The zero-order valence-corrected chi connectivity index (χ0v) is 20.9. The molecule has 9 heteroatoms. The summed E-state index contributed by atoms with van der Waals surface area (Å²) in [5.74, 6) is 1.55. The van der Waals surface area contributed by atoms with Crippen LogP contribution in [0.4, 0.5) is 5.69 Å². The number of thioether (sulfide) groups is 1. The molecule has 0 fully saturated rings. The maximum absolute atomic E-state index is 12.6. The second-order valence-electron chi connectivity index (χ2n) is 8.00. The predicted octanol–water partition coefficient (Wildman–Crippen LogP) is 6.35. The van der Waals surface area contributed by atoms with Gasteiger partial charge in [-0.2, -0.15) is 0 Å². The van der Waals surface area contributed by atoms with Crippen molar-refractivity contribution in [3.63, 3.8) is 0 Å². The Kier molecular flexibility index (Phi) is 6.52. The Balaban J connectivity index is 1.24. The smallest absolute Gasteiger partial charge is 0.234 e. The molecule has 3 aromatic heterocycles. The number of rotatable bonds is 8. The van der Waals surface area contributed by atoms with E-state index in [4.69, 9.17) is 9.40 Å².